The fourth-order valence-corrected chi connectivity index (χ4v) is 2.48. The molecular weight excluding hydrogens is 234 g/mol. The Kier molecular flexibility index (Phi) is 4.22. The molecule has 1 saturated carbocycles. The number of rotatable bonds is 6. The van der Waals surface area contributed by atoms with Crippen LogP contribution in [0.4, 0.5) is 0 Å². The van der Waals surface area contributed by atoms with Crippen molar-refractivity contribution >= 4 is 11.9 Å². The highest BCUT2D eigenvalue weighted by atomic mass is 16.5. The average molecular weight is 255 g/mol. The van der Waals surface area contributed by atoms with Crippen LogP contribution in [0.2, 0.25) is 0 Å². The molecule has 0 aromatic heterocycles. The van der Waals surface area contributed by atoms with Crippen LogP contribution in [0.3, 0.4) is 0 Å². The molecule has 0 radical (unpaired) electrons. The predicted octanol–water partition coefficient (Wildman–Crippen LogP) is 1.41. The third kappa shape index (κ3) is 3.70. The number of carbonyl (C=O) groups excluding carboxylic acids is 1. The van der Waals surface area contributed by atoms with Crippen LogP contribution in [0, 0.1) is 0 Å². The van der Waals surface area contributed by atoms with Gasteiger partial charge in [-0.25, -0.2) is 0 Å². The summed E-state index contributed by atoms with van der Waals surface area (Å²) in [5.74, 6) is -0.968. The van der Waals surface area contributed by atoms with Crippen molar-refractivity contribution in [3.05, 3.63) is 0 Å². The number of hydrogen-bond donors (Lipinski definition) is 1. The lowest BCUT2D eigenvalue weighted by Gasteiger charge is -2.21. The first-order valence-corrected chi connectivity index (χ1v) is 6.73. The first-order valence-electron chi connectivity index (χ1n) is 6.73. The van der Waals surface area contributed by atoms with E-state index in [1.165, 1.54) is 4.90 Å². The molecule has 1 amide bonds. The minimum Gasteiger partial charge on any atom is -0.480 e. The summed E-state index contributed by atoms with van der Waals surface area (Å²) >= 11 is 0. The van der Waals surface area contributed by atoms with Crippen LogP contribution in [-0.4, -0.2) is 46.7 Å². The van der Waals surface area contributed by atoms with E-state index in [9.17, 15) is 9.59 Å². The molecule has 0 bridgehead atoms. The van der Waals surface area contributed by atoms with E-state index in [-0.39, 0.29) is 24.6 Å². The Labute approximate surface area is 107 Å². The van der Waals surface area contributed by atoms with Crippen molar-refractivity contribution in [1.29, 1.82) is 0 Å². The monoisotopic (exact) mass is 255 g/mol. The lowest BCUT2D eigenvalue weighted by atomic mass is 10.1. The van der Waals surface area contributed by atoms with Crippen molar-refractivity contribution < 1.29 is 19.4 Å². The first-order chi connectivity index (χ1) is 8.56. The number of hydrogen-bond acceptors (Lipinski definition) is 3. The van der Waals surface area contributed by atoms with Gasteiger partial charge in [-0.1, -0.05) is 0 Å². The molecule has 1 saturated heterocycles. The normalized spacial score (nSPS) is 27.2. The fraction of sp³-hybridized carbons (Fsp3) is 0.846. The van der Waals surface area contributed by atoms with Gasteiger partial charge < -0.3 is 14.7 Å². The Bertz CT molecular complexity index is 327. The van der Waals surface area contributed by atoms with E-state index in [1.807, 2.05) is 6.92 Å². The minimum atomic E-state index is -0.930. The molecule has 2 rings (SSSR count). The quantitative estimate of drug-likeness (QED) is 0.779. The molecule has 2 fully saturated rings. The van der Waals surface area contributed by atoms with Gasteiger partial charge in [0.1, 0.15) is 6.54 Å². The number of carbonyl (C=O) groups is 2. The van der Waals surface area contributed by atoms with E-state index >= 15 is 0 Å². The second-order valence-corrected chi connectivity index (χ2v) is 5.33. The summed E-state index contributed by atoms with van der Waals surface area (Å²) < 4.78 is 5.66. The number of amides is 1. The Balaban J connectivity index is 1.76. The Morgan fingerprint density at radius 1 is 1.28 bits per heavy atom. The number of carboxylic acids is 1. The minimum absolute atomic E-state index is 0.0388. The molecule has 1 N–H and O–H groups in total. The fourth-order valence-electron chi connectivity index (χ4n) is 2.48. The molecule has 5 heteroatoms. The van der Waals surface area contributed by atoms with Gasteiger partial charge >= 0.3 is 5.97 Å². The van der Waals surface area contributed by atoms with Crippen LogP contribution < -0.4 is 0 Å². The molecule has 0 spiro atoms. The smallest absolute Gasteiger partial charge is 0.323 e. The van der Waals surface area contributed by atoms with Crippen molar-refractivity contribution in [3.63, 3.8) is 0 Å². The number of carboxylic acid groups (broad SMARTS) is 1. The van der Waals surface area contributed by atoms with Gasteiger partial charge in [0.15, 0.2) is 0 Å². The maximum Gasteiger partial charge on any atom is 0.323 e. The van der Waals surface area contributed by atoms with Gasteiger partial charge in [0.25, 0.3) is 0 Å². The molecule has 1 aliphatic heterocycles. The summed E-state index contributed by atoms with van der Waals surface area (Å²) in [6.07, 6.45) is 5.54. The Hall–Kier alpha value is -1.10. The molecule has 1 aliphatic carbocycles. The highest BCUT2D eigenvalue weighted by Crippen LogP contribution is 2.28. The number of aliphatic carboxylic acids is 1. The van der Waals surface area contributed by atoms with Crippen molar-refractivity contribution in [2.75, 3.05) is 6.54 Å². The second-order valence-electron chi connectivity index (χ2n) is 5.33. The van der Waals surface area contributed by atoms with Gasteiger partial charge in [-0.15, -0.1) is 0 Å². The van der Waals surface area contributed by atoms with Crippen LogP contribution >= 0.6 is 0 Å². The Morgan fingerprint density at radius 3 is 2.50 bits per heavy atom. The molecule has 1 heterocycles. The molecule has 18 heavy (non-hydrogen) atoms. The zero-order valence-corrected chi connectivity index (χ0v) is 10.8. The van der Waals surface area contributed by atoms with Crippen LogP contribution in [0.1, 0.15) is 45.4 Å². The highest BCUT2D eigenvalue weighted by Gasteiger charge is 2.34. The predicted molar refractivity (Wildman–Crippen MR) is 65.2 cm³/mol. The second kappa shape index (κ2) is 5.69. The third-order valence-corrected chi connectivity index (χ3v) is 3.61. The molecular formula is C13H21NO4. The first kappa shape index (κ1) is 13.3. The maximum atomic E-state index is 12.0. The largest absolute Gasteiger partial charge is 0.480 e. The van der Waals surface area contributed by atoms with Gasteiger partial charge in [0, 0.05) is 12.5 Å². The lowest BCUT2D eigenvalue weighted by molar-refractivity contribution is -0.145. The topological polar surface area (TPSA) is 66.8 Å². The number of ether oxygens (including phenoxy) is 1. The van der Waals surface area contributed by atoms with Gasteiger partial charge in [0.05, 0.1) is 12.2 Å². The maximum absolute atomic E-state index is 12.0. The third-order valence-electron chi connectivity index (χ3n) is 3.61. The van der Waals surface area contributed by atoms with Crippen LogP contribution in [0.5, 0.6) is 0 Å². The van der Waals surface area contributed by atoms with E-state index in [1.54, 1.807) is 0 Å². The molecule has 0 aromatic carbocycles. The van der Waals surface area contributed by atoms with Crippen LogP contribution in [0.25, 0.3) is 0 Å². The average Bonchev–Trinajstić information content (AvgIpc) is 3.06. The summed E-state index contributed by atoms with van der Waals surface area (Å²) in [5, 5.41) is 8.81. The van der Waals surface area contributed by atoms with Crippen LogP contribution in [-0.2, 0) is 14.3 Å². The zero-order chi connectivity index (χ0) is 13.1. The summed E-state index contributed by atoms with van der Waals surface area (Å²) in [6.45, 7) is 1.88. The van der Waals surface area contributed by atoms with Crippen molar-refractivity contribution in [2.45, 2.75) is 63.7 Å². The molecule has 0 aromatic rings. The molecule has 2 atom stereocenters. The van der Waals surface area contributed by atoms with Gasteiger partial charge in [0.2, 0.25) is 5.91 Å². The van der Waals surface area contributed by atoms with E-state index in [0.717, 1.165) is 25.7 Å². The molecule has 0 unspecified atom stereocenters. The molecule has 5 nitrogen and oxygen atoms in total. The van der Waals surface area contributed by atoms with Gasteiger partial charge in [-0.05, 0) is 39.0 Å². The summed E-state index contributed by atoms with van der Waals surface area (Å²) in [6, 6.07) is 0.164. The molecule has 102 valence electrons. The van der Waals surface area contributed by atoms with E-state index in [2.05, 4.69) is 0 Å². The zero-order valence-electron chi connectivity index (χ0n) is 10.8. The van der Waals surface area contributed by atoms with Crippen LogP contribution in [0.15, 0.2) is 0 Å². The highest BCUT2D eigenvalue weighted by molar-refractivity contribution is 5.81. The lowest BCUT2D eigenvalue weighted by Crippen LogP contribution is -2.37. The standard InChI is InChI=1S/C13H21NO4/c1-9-2-5-11(18-9)6-7-12(15)14(8-13(16)17)10-3-4-10/h9-11H,2-8H2,1H3,(H,16,17)/t9-,11-/m0/s1. The Morgan fingerprint density at radius 2 is 2.00 bits per heavy atom. The van der Waals surface area contributed by atoms with E-state index in [4.69, 9.17) is 9.84 Å². The summed E-state index contributed by atoms with van der Waals surface area (Å²) in [7, 11) is 0. The van der Waals surface area contributed by atoms with Crippen molar-refractivity contribution in [1.82, 2.24) is 4.90 Å². The summed E-state index contributed by atoms with van der Waals surface area (Å²) in [5.41, 5.74) is 0. The molecule has 2 aliphatic rings. The van der Waals surface area contributed by atoms with Crippen molar-refractivity contribution in [3.8, 4) is 0 Å². The van der Waals surface area contributed by atoms with Crippen molar-refractivity contribution in [2.24, 2.45) is 0 Å². The SMILES string of the molecule is C[C@H]1CC[C@@H](CCC(=O)N(CC(=O)O)C2CC2)O1. The summed E-state index contributed by atoms with van der Waals surface area (Å²) in [4.78, 5) is 24.3. The van der Waals surface area contributed by atoms with Gasteiger partial charge in [-0.2, -0.15) is 0 Å². The van der Waals surface area contributed by atoms with E-state index in [0.29, 0.717) is 18.9 Å². The van der Waals surface area contributed by atoms with Gasteiger partial charge in [-0.3, -0.25) is 9.59 Å². The van der Waals surface area contributed by atoms with E-state index < -0.39 is 5.97 Å². The number of nitrogens with zero attached hydrogens (tertiary/aromatic N) is 1.